The third-order valence-corrected chi connectivity index (χ3v) is 4.84. The summed E-state index contributed by atoms with van der Waals surface area (Å²) in [6.45, 7) is 3.41. The van der Waals surface area contributed by atoms with Gasteiger partial charge in [-0.05, 0) is 38.6 Å². The van der Waals surface area contributed by atoms with Gasteiger partial charge in [0.05, 0.1) is 12.6 Å². The van der Waals surface area contributed by atoms with Crippen LogP contribution in [0, 0.1) is 0 Å². The molecule has 1 aliphatic heterocycles. The Bertz CT molecular complexity index is 303. The van der Waals surface area contributed by atoms with Crippen molar-refractivity contribution in [3.8, 4) is 0 Å². The highest BCUT2D eigenvalue weighted by Crippen LogP contribution is 2.21. The van der Waals surface area contributed by atoms with Crippen molar-refractivity contribution >= 4 is 5.91 Å². The van der Waals surface area contributed by atoms with E-state index in [-0.39, 0.29) is 18.1 Å². The largest absolute Gasteiger partial charge is 0.392 e. The number of likely N-dealkylation sites (tertiary alicyclic amines) is 1. The fraction of sp³-hybridized carbons (Fsp3) is 0.938. The molecule has 0 aromatic heterocycles. The minimum absolute atomic E-state index is 0.145. The van der Waals surface area contributed by atoms with Gasteiger partial charge >= 0.3 is 0 Å². The van der Waals surface area contributed by atoms with Crippen molar-refractivity contribution in [2.24, 2.45) is 0 Å². The molecule has 1 heterocycles. The number of carbonyl (C=O) groups excluding carboxylic acids is 1. The molecule has 116 valence electrons. The molecule has 0 spiro atoms. The van der Waals surface area contributed by atoms with Crippen LogP contribution in [-0.2, 0) is 4.79 Å². The highest BCUT2D eigenvalue weighted by atomic mass is 16.3. The summed E-state index contributed by atoms with van der Waals surface area (Å²) in [5.41, 5.74) is 0. The van der Waals surface area contributed by atoms with Crippen molar-refractivity contribution in [3.05, 3.63) is 0 Å². The summed E-state index contributed by atoms with van der Waals surface area (Å²) in [6.07, 6.45) is 9.86. The molecular weight excluding hydrogens is 252 g/mol. The molecule has 2 fully saturated rings. The van der Waals surface area contributed by atoms with Crippen LogP contribution in [0.4, 0.5) is 0 Å². The van der Waals surface area contributed by atoms with Crippen molar-refractivity contribution in [2.45, 2.75) is 82.9 Å². The second kappa shape index (κ2) is 7.99. The summed E-state index contributed by atoms with van der Waals surface area (Å²) < 4.78 is 0. The number of aliphatic hydroxyl groups is 1. The number of piperidine rings is 1. The third-order valence-electron chi connectivity index (χ3n) is 4.84. The number of carbonyl (C=O) groups is 1. The van der Waals surface area contributed by atoms with E-state index in [9.17, 15) is 9.90 Å². The highest BCUT2D eigenvalue weighted by Gasteiger charge is 2.29. The number of nitrogens with zero attached hydrogens (tertiary/aromatic N) is 1. The van der Waals surface area contributed by atoms with Crippen molar-refractivity contribution in [1.82, 2.24) is 10.2 Å². The van der Waals surface area contributed by atoms with Gasteiger partial charge in [0.25, 0.3) is 0 Å². The molecule has 1 amide bonds. The van der Waals surface area contributed by atoms with Crippen LogP contribution in [0.2, 0.25) is 0 Å². The van der Waals surface area contributed by atoms with E-state index >= 15 is 0 Å². The molecule has 2 unspecified atom stereocenters. The van der Waals surface area contributed by atoms with E-state index in [2.05, 4.69) is 10.2 Å². The fourth-order valence-electron chi connectivity index (χ4n) is 3.63. The molecule has 0 radical (unpaired) electrons. The predicted molar refractivity (Wildman–Crippen MR) is 80.5 cm³/mol. The Morgan fingerprint density at radius 1 is 1.20 bits per heavy atom. The summed E-state index contributed by atoms with van der Waals surface area (Å²) >= 11 is 0. The van der Waals surface area contributed by atoms with Crippen LogP contribution in [0.15, 0.2) is 0 Å². The Hall–Kier alpha value is -0.610. The summed E-state index contributed by atoms with van der Waals surface area (Å²) in [5, 5.41) is 13.3. The van der Waals surface area contributed by atoms with Crippen LogP contribution in [-0.4, -0.2) is 47.2 Å². The number of rotatable bonds is 5. The van der Waals surface area contributed by atoms with E-state index in [0.717, 1.165) is 38.6 Å². The zero-order valence-electron chi connectivity index (χ0n) is 12.8. The molecule has 1 saturated carbocycles. The van der Waals surface area contributed by atoms with E-state index in [0.29, 0.717) is 12.6 Å². The van der Waals surface area contributed by atoms with Crippen molar-refractivity contribution in [3.63, 3.8) is 0 Å². The zero-order valence-corrected chi connectivity index (χ0v) is 12.8. The first-order valence-corrected chi connectivity index (χ1v) is 8.42. The van der Waals surface area contributed by atoms with Gasteiger partial charge in [0.2, 0.25) is 5.91 Å². The van der Waals surface area contributed by atoms with Crippen LogP contribution >= 0.6 is 0 Å². The average Bonchev–Trinajstić information content (AvgIpc) is 2.48. The lowest BCUT2D eigenvalue weighted by molar-refractivity contribution is -0.124. The second-order valence-corrected chi connectivity index (χ2v) is 6.41. The molecule has 2 N–H and O–H groups in total. The summed E-state index contributed by atoms with van der Waals surface area (Å²) in [6, 6.07) is 0.557. The topological polar surface area (TPSA) is 52.6 Å². The lowest BCUT2D eigenvalue weighted by atomic mass is 9.95. The van der Waals surface area contributed by atoms with Crippen molar-refractivity contribution in [1.29, 1.82) is 0 Å². The van der Waals surface area contributed by atoms with Gasteiger partial charge in [0.1, 0.15) is 0 Å². The Morgan fingerprint density at radius 2 is 1.90 bits per heavy atom. The van der Waals surface area contributed by atoms with E-state index in [1.54, 1.807) is 0 Å². The van der Waals surface area contributed by atoms with Crippen LogP contribution in [0.1, 0.15) is 64.7 Å². The molecule has 1 saturated heterocycles. The lowest BCUT2D eigenvalue weighted by Gasteiger charge is -2.38. The summed E-state index contributed by atoms with van der Waals surface area (Å²) in [5.74, 6) is 0.145. The minimum Gasteiger partial charge on any atom is -0.392 e. The Balaban J connectivity index is 1.81. The molecule has 4 nitrogen and oxygen atoms in total. The van der Waals surface area contributed by atoms with Crippen LogP contribution in [0.3, 0.4) is 0 Å². The van der Waals surface area contributed by atoms with Gasteiger partial charge < -0.3 is 10.4 Å². The monoisotopic (exact) mass is 282 g/mol. The minimum atomic E-state index is -0.294. The lowest BCUT2D eigenvalue weighted by Crippen LogP contribution is -2.51. The van der Waals surface area contributed by atoms with Crippen LogP contribution in [0.25, 0.3) is 0 Å². The number of aliphatic hydroxyl groups excluding tert-OH is 1. The quantitative estimate of drug-likeness (QED) is 0.811. The van der Waals surface area contributed by atoms with Gasteiger partial charge in [-0.3, -0.25) is 9.69 Å². The Morgan fingerprint density at radius 3 is 2.60 bits per heavy atom. The fourth-order valence-corrected chi connectivity index (χ4v) is 3.63. The molecule has 2 aliphatic rings. The molecular formula is C16H30N2O2. The van der Waals surface area contributed by atoms with Gasteiger partial charge in [0.15, 0.2) is 0 Å². The first-order valence-electron chi connectivity index (χ1n) is 8.42. The number of amides is 1. The second-order valence-electron chi connectivity index (χ2n) is 6.41. The standard InChI is InChI=1S/C16H30N2O2/c1-2-15(19)14-10-6-7-11-18(14)12-16(20)17-13-8-4-3-5-9-13/h13-15,19H,2-12H2,1H3,(H,17,20). The first kappa shape index (κ1) is 15.8. The predicted octanol–water partition coefficient (Wildman–Crippen LogP) is 2.06. The zero-order chi connectivity index (χ0) is 14.4. The smallest absolute Gasteiger partial charge is 0.234 e. The van der Waals surface area contributed by atoms with Gasteiger partial charge in [-0.1, -0.05) is 32.6 Å². The summed E-state index contributed by atoms with van der Waals surface area (Å²) in [4.78, 5) is 14.4. The Kier molecular flexibility index (Phi) is 6.30. The molecule has 20 heavy (non-hydrogen) atoms. The first-order chi connectivity index (χ1) is 9.70. The van der Waals surface area contributed by atoms with E-state index < -0.39 is 0 Å². The number of nitrogens with one attached hydrogen (secondary N) is 1. The SMILES string of the molecule is CCC(O)C1CCCCN1CC(=O)NC1CCCCC1. The maximum atomic E-state index is 12.2. The highest BCUT2D eigenvalue weighted by molar-refractivity contribution is 5.78. The van der Waals surface area contributed by atoms with E-state index in [1.807, 2.05) is 6.92 Å². The molecule has 0 aromatic rings. The number of hydrogen-bond donors (Lipinski definition) is 2. The maximum absolute atomic E-state index is 12.2. The van der Waals surface area contributed by atoms with Gasteiger partial charge in [0, 0.05) is 12.1 Å². The van der Waals surface area contributed by atoms with Gasteiger partial charge in [-0.25, -0.2) is 0 Å². The normalized spacial score (nSPS) is 27.2. The Labute approximate surface area is 122 Å². The average molecular weight is 282 g/mol. The number of hydrogen-bond acceptors (Lipinski definition) is 3. The molecule has 0 aromatic carbocycles. The third kappa shape index (κ3) is 4.45. The van der Waals surface area contributed by atoms with Crippen molar-refractivity contribution < 1.29 is 9.90 Å². The van der Waals surface area contributed by atoms with Crippen LogP contribution < -0.4 is 5.32 Å². The summed E-state index contributed by atoms with van der Waals surface area (Å²) in [7, 11) is 0. The molecule has 4 heteroatoms. The van der Waals surface area contributed by atoms with Crippen LogP contribution in [0.5, 0.6) is 0 Å². The van der Waals surface area contributed by atoms with E-state index in [4.69, 9.17) is 0 Å². The van der Waals surface area contributed by atoms with Gasteiger partial charge in [-0.2, -0.15) is 0 Å². The van der Waals surface area contributed by atoms with Crippen molar-refractivity contribution in [2.75, 3.05) is 13.1 Å². The van der Waals surface area contributed by atoms with E-state index in [1.165, 1.54) is 25.7 Å². The molecule has 2 rings (SSSR count). The molecule has 2 atom stereocenters. The maximum Gasteiger partial charge on any atom is 0.234 e. The van der Waals surface area contributed by atoms with Gasteiger partial charge in [-0.15, -0.1) is 0 Å². The molecule has 0 bridgehead atoms. The molecule has 1 aliphatic carbocycles.